The number of sulfonamides is 1. The molecular formula is C14H23NO3S. The van der Waals surface area contributed by atoms with Gasteiger partial charge in [0.15, 0.2) is 0 Å². The average Bonchev–Trinajstić information content (AvgIpc) is 2.43. The second-order valence-corrected chi connectivity index (χ2v) is 6.44. The Labute approximate surface area is 116 Å². The van der Waals surface area contributed by atoms with E-state index >= 15 is 0 Å². The van der Waals surface area contributed by atoms with E-state index in [9.17, 15) is 8.42 Å². The molecule has 4 nitrogen and oxygen atoms in total. The van der Waals surface area contributed by atoms with Crippen molar-refractivity contribution in [2.45, 2.75) is 37.5 Å². The minimum Gasteiger partial charge on any atom is -0.395 e. The van der Waals surface area contributed by atoms with Crippen LogP contribution in [-0.4, -0.2) is 37.5 Å². The van der Waals surface area contributed by atoms with E-state index in [0.717, 1.165) is 25.7 Å². The van der Waals surface area contributed by atoms with E-state index in [1.54, 1.807) is 30.3 Å². The van der Waals surface area contributed by atoms with Gasteiger partial charge in [-0.2, -0.15) is 4.31 Å². The third kappa shape index (κ3) is 4.93. The van der Waals surface area contributed by atoms with Crippen LogP contribution in [0.1, 0.15) is 32.6 Å². The Morgan fingerprint density at radius 1 is 1.05 bits per heavy atom. The van der Waals surface area contributed by atoms with Gasteiger partial charge in [-0.25, -0.2) is 8.42 Å². The molecule has 0 spiro atoms. The van der Waals surface area contributed by atoms with Crippen LogP contribution in [0.25, 0.3) is 0 Å². The van der Waals surface area contributed by atoms with E-state index in [1.807, 2.05) is 0 Å². The molecule has 0 saturated carbocycles. The molecule has 0 saturated heterocycles. The van der Waals surface area contributed by atoms with Crippen LogP contribution in [0.3, 0.4) is 0 Å². The van der Waals surface area contributed by atoms with E-state index in [2.05, 4.69) is 6.92 Å². The maximum absolute atomic E-state index is 12.4. The summed E-state index contributed by atoms with van der Waals surface area (Å²) in [5.74, 6) is 0. The molecule has 0 aliphatic rings. The Hall–Kier alpha value is -0.910. The van der Waals surface area contributed by atoms with Crippen LogP contribution in [0.5, 0.6) is 0 Å². The third-order valence-corrected chi connectivity index (χ3v) is 4.90. The number of hydrogen-bond acceptors (Lipinski definition) is 3. The molecule has 0 bridgehead atoms. The fourth-order valence-corrected chi connectivity index (χ4v) is 3.41. The minimum atomic E-state index is -3.48. The highest BCUT2D eigenvalue weighted by Gasteiger charge is 2.22. The fraction of sp³-hybridized carbons (Fsp3) is 0.571. The van der Waals surface area contributed by atoms with Crippen LogP contribution in [0.15, 0.2) is 35.2 Å². The second-order valence-electron chi connectivity index (χ2n) is 4.50. The monoisotopic (exact) mass is 285 g/mol. The van der Waals surface area contributed by atoms with E-state index in [4.69, 9.17) is 5.11 Å². The van der Waals surface area contributed by atoms with Gasteiger partial charge in [0.1, 0.15) is 0 Å². The lowest BCUT2D eigenvalue weighted by atomic mass is 10.2. The summed E-state index contributed by atoms with van der Waals surface area (Å²) in [5.41, 5.74) is 0. The normalized spacial score (nSPS) is 11.9. The van der Waals surface area contributed by atoms with E-state index in [0.29, 0.717) is 11.4 Å². The smallest absolute Gasteiger partial charge is 0.243 e. The zero-order valence-electron chi connectivity index (χ0n) is 11.5. The maximum atomic E-state index is 12.4. The molecule has 1 rings (SSSR count). The SMILES string of the molecule is CCCCCCN(CCO)S(=O)(=O)c1ccccc1. The number of unbranched alkanes of at least 4 members (excludes halogenated alkanes) is 3. The van der Waals surface area contributed by atoms with E-state index < -0.39 is 10.0 Å². The van der Waals surface area contributed by atoms with Crippen molar-refractivity contribution in [3.05, 3.63) is 30.3 Å². The first-order valence-corrected chi connectivity index (χ1v) is 8.23. The molecule has 1 N–H and O–H groups in total. The Morgan fingerprint density at radius 2 is 1.74 bits per heavy atom. The minimum absolute atomic E-state index is 0.153. The second kappa shape index (κ2) is 8.30. The van der Waals surface area contributed by atoms with Gasteiger partial charge in [0.25, 0.3) is 0 Å². The number of hydrogen-bond donors (Lipinski definition) is 1. The van der Waals surface area contributed by atoms with Crippen molar-refractivity contribution in [3.8, 4) is 0 Å². The summed E-state index contributed by atoms with van der Waals surface area (Å²) < 4.78 is 26.2. The molecule has 0 heterocycles. The molecule has 5 heteroatoms. The van der Waals surface area contributed by atoms with Gasteiger partial charge < -0.3 is 5.11 Å². The highest BCUT2D eigenvalue weighted by atomic mass is 32.2. The van der Waals surface area contributed by atoms with Crippen molar-refractivity contribution in [3.63, 3.8) is 0 Å². The molecule has 0 fully saturated rings. The van der Waals surface area contributed by atoms with Crippen molar-refractivity contribution in [2.24, 2.45) is 0 Å². The molecule has 1 aromatic rings. The van der Waals surface area contributed by atoms with Crippen LogP contribution in [0, 0.1) is 0 Å². The molecule has 19 heavy (non-hydrogen) atoms. The Balaban J connectivity index is 2.74. The van der Waals surface area contributed by atoms with E-state index in [-0.39, 0.29) is 13.2 Å². The molecule has 1 aromatic carbocycles. The summed E-state index contributed by atoms with van der Waals surface area (Å²) in [7, 11) is -3.48. The van der Waals surface area contributed by atoms with Gasteiger partial charge in [-0.3, -0.25) is 0 Å². The number of aliphatic hydroxyl groups excluding tert-OH is 1. The molecule has 0 atom stereocenters. The highest BCUT2D eigenvalue weighted by molar-refractivity contribution is 7.89. The Morgan fingerprint density at radius 3 is 2.32 bits per heavy atom. The maximum Gasteiger partial charge on any atom is 0.243 e. The first-order valence-electron chi connectivity index (χ1n) is 6.79. The molecule has 0 amide bonds. The van der Waals surface area contributed by atoms with Gasteiger partial charge in [-0.15, -0.1) is 0 Å². The van der Waals surface area contributed by atoms with Gasteiger partial charge >= 0.3 is 0 Å². The Kier molecular flexibility index (Phi) is 7.05. The van der Waals surface area contributed by atoms with Crippen molar-refractivity contribution in [1.82, 2.24) is 4.31 Å². The van der Waals surface area contributed by atoms with Crippen molar-refractivity contribution < 1.29 is 13.5 Å². The van der Waals surface area contributed by atoms with Crippen molar-refractivity contribution in [2.75, 3.05) is 19.7 Å². The van der Waals surface area contributed by atoms with Gasteiger partial charge in [0, 0.05) is 13.1 Å². The average molecular weight is 285 g/mol. The zero-order valence-corrected chi connectivity index (χ0v) is 12.3. The van der Waals surface area contributed by atoms with Crippen LogP contribution >= 0.6 is 0 Å². The standard InChI is InChI=1S/C14H23NO3S/c1-2-3-4-8-11-15(12-13-16)19(17,18)14-9-6-5-7-10-14/h5-7,9-10,16H,2-4,8,11-13H2,1H3. The molecule has 108 valence electrons. The summed E-state index contributed by atoms with van der Waals surface area (Å²) >= 11 is 0. The fourth-order valence-electron chi connectivity index (χ4n) is 1.92. The van der Waals surface area contributed by atoms with E-state index in [1.165, 1.54) is 4.31 Å². The van der Waals surface area contributed by atoms with Crippen LogP contribution < -0.4 is 0 Å². The summed E-state index contributed by atoms with van der Waals surface area (Å²) in [5, 5.41) is 9.04. The largest absolute Gasteiger partial charge is 0.395 e. The van der Waals surface area contributed by atoms with Crippen molar-refractivity contribution >= 4 is 10.0 Å². The van der Waals surface area contributed by atoms with Crippen LogP contribution in [0.4, 0.5) is 0 Å². The lowest BCUT2D eigenvalue weighted by molar-refractivity contribution is 0.251. The third-order valence-electron chi connectivity index (χ3n) is 2.99. The lowest BCUT2D eigenvalue weighted by Crippen LogP contribution is -2.34. The topological polar surface area (TPSA) is 57.6 Å². The molecular weight excluding hydrogens is 262 g/mol. The quantitative estimate of drug-likeness (QED) is 0.708. The van der Waals surface area contributed by atoms with Crippen LogP contribution in [-0.2, 0) is 10.0 Å². The van der Waals surface area contributed by atoms with Gasteiger partial charge in [-0.05, 0) is 18.6 Å². The summed E-state index contributed by atoms with van der Waals surface area (Å²) in [6.45, 7) is 2.59. The molecule has 0 aromatic heterocycles. The Bertz CT molecular complexity index is 445. The van der Waals surface area contributed by atoms with Crippen molar-refractivity contribution in [1.29, 1.82) is 0 Å². The summed E-state index contributed by atoms with van der Waals surface area (Å²) in [6.07, 6.45) is 4.08. The number of aliphatic hydroxyl groups is 1. The summed E-state index contributed by atoms with van der Waals surface area (Å²) in [4.78, 5) is 0.291. The number of nitrogens with zero attached hydrogens (tertiary/aromatic N) is 1. The molecule has 0 unspecified atom stereocenters. The summed E-state index contributed by atoms with van der Waals surface area (Å²) in [6, 6.07) is 8.39. The first kappa shape index (κ1) is 16.1. The highest BCUT2D eigenvalue weighted by Crippen LogP contribution is 2.16. The number of benzene rings is 1. The molecule has 0 radical (unpaired) electrons. The predicted molar refractivity (Wildman–Crippen MR) is 76.4 cm³/mol. The molecule has 0 aliphatic carbocycles. The predicted octanol–water partition coefficient (Wildman–Crippen LogP) is 2.25. The van der Waals surface area contributed by atoms with Gasteiger partial charge in [0.2, 0.25) is 10.0 Å². The number of rotatable bonds is 9. The van der Waals surface area contributed by atoms with Crippen LogP contribution in [0.2, 0.25) is 0 Å². The lowest BCUT2D eigenvalue weighted by Gasteiger charge is -2.21. The molecule has 0 aliphatic heterocycles. The van der Waals surface area contributed by atoms with Gasteiger partial charge in [0.05, 0.1) is 11.5 Å². The zero-order chi connectivity index (χ0) is 14.1. The van der Waals surface area contributed by atoms with Gasteiger partial charge in [-0.1, -0.05) is 44.4 Å². The first-order chi connectivity index (χ1) is 9.12.